The summed E-state index contributed by atoms with van der Waals surface area (Å²) in [6.45, 7) is 2.40. The van der Waals surface area contributed by atoms with Crippen LogP contribution in [0.15, 0.2) is 103 Å². The molecule has 0 aliphatic rings. The summed E-state index contributed by atoms with van der Waals surface area (Å²) in [6, 6.07) is 31.0. The van der Waals surface area contributed by atoms with Gasteiger partial charge in [-0.05, 0) is 84.5 Å². The molecule has 0 bridgehead atoms. The summed E-state index contributed by atoms with van der Waals surface area (Å²) in [5, 5.41) is 17.2. The van der Waals surface area contributed by atoms with Crippen molar-refractivity contribution in [1.29, 1.82) is 0 Å². The molecule has 8 heteroatoms. The van der Waals surface area contributed by atoms with Crippen LogP contribution in [0.1, 0.15) is 68.1 Å². The van der Waals surface area contributed by atoms with Crippen LogP contribution in [0, 0.1) is 0 Å². The van der Waals surface area contributed by atoms with Crippen molar-refractivity contribution in [3.63, 3.8) is 0 Å². The molecule has 2 amide bonds. The number of nitrogens with one attached hydrogen (secondary N) is 2. The molecule has 4 aromatic carbocycles. The number of pyridine rings is 1. The van der Waals surface area contributed by atoms with Crippen molar-refractivity contribution < 1.29 is 19.5 Å². The molecule has 0 radical (unpaired) electrons. The third kappa shape index (κ3) is 8.25. The predicted octanol–water partition coefficient (Wildman–Crippen LogP) is 7.54. The van der Waals surface area contributed by atoms with E-state index in [1.807, 2.05) is 91.9 Å². The number of halogens is 1. The van der Waals surface area contributed by atoms with Crippen LogP contribution in [0.3, 0.4) is 0 Å². The number of aryl methyl sites for hydroxylation is 1. The van der Waals surface area contributed by atoms with Gasteiger partial charge in [-0.1, -0.05) is 84.4 Å². The first-order valence-electron chi connectivity index (χ1n) is 15.1. The van der Waals surface area contributed by atoms with Gasteiger partial charge in [0, 0.05) is 22.5 Å². The molecule has 5 rings (SSSR count). The number of aromatic carboxylic acids is 1. The Hall–Kier alpha value is -5.27. The van der Waals surface area contributed by atoms with Crippen LogP contribution in [-0.2, 0) is 17.6 Å². The molecule has 1 unspecified atom stereocenters. The lowest BCUT2D eigenvalue weighted by Crippen LogP contribution is -2.31. The highest BCUT2D eigenvalue weighted by Gasteiger charge is 2.19. The van der Waals surface area contributed by atoms with E-state index in [1.165, 1.54) is 6.07 Å². The largest absolute Gasteiger partial charge is 0.478 e. The fourth-order valence-corrected chi connectivity index (χ4v) is 5.57. The van der Waals surface area contributed by atoms with Crippen molar-refractivity contribution in [2.75, 3.05) is 6.54 Å². The monoisotopic (exact) mass is 631 g/mol. The van der Waals surface area contributed by atoms with E-state index < -0.39 is 12.0 Å². The van der Waals surface area contributed by atoms with Gasteiger partial charge in [0.2, 0.25) is 5.91 Å². The van der Waals surface area contributed by atoms with Crippen molar-refractivity contribution in [3.8, 4) is 0 Å². The second-order valence-corrected chi connectivity index (χ2v) is 11.3. The van der Waals surface area contributed by atoms with Crippen LogP contribution in [0.4, 0.5) is 0 Å². The lowest BCUT2D eigenvalue weighted by atomic mass is 9.94. The molecule has 1 heterocycles. The van der Waals surface area contributed by atoms with Gasteiger partial charge in [-0.25, -0.2) is 9.78 Å². The number of amides is 2. The summed E-state index contributed by atoms with van der Waals surface area (Å²) in [6.07, 6.45) is 4.87. The van der Waals surface area contributed by atoms with Gasteiger partial charge in [-0.2, -0.15) is 0 Å². The first-order valence-corrected chi connectivity index (χ1v) is 15.5. The number of carboxylic acid groups (broad SMARTS) is 1. The van der Waals surface area contributed by atoms with E-state index in [4.69, 9.17) is 16.6 Å². The predicted molar refractivity (Wildman–Crippen MR) is 183 cm³/mol. The second-order valence-electron chi connectivity index (χ2n) is 10.9. The minimum atomic E-state index is -1.08. The number of fused-ring (bicyclic) bond motifs is 1. The fourth-order valence-electron chi connectivity index (χ4n) is 5.40. The van der Waals surface area contributed by atoms with Gasteiger partial charge in [0.25, 0.3) is 5.91 Å². The van der Waals surface area contributed by atoms with E-state index in [-0.39, 0.29) is 23.8 Å². The average molecular weight is 632 g/mol. The van der Waals surface area contributed by atoms with Gasteiger partial charge < -0.3 is 15.7 Å². The van der Waals surface area contributed by atoms with E-state index in [0.717, 1.165) is 33.3 Å². The van der Waals surface area contributed by atoms with E-state index in [2.05, 4.69) is 10.6 Å². The maximum absolute atomic E-state index is 13.4. The van der Waals surface area contributed by atoms with Crippen molar-refractivity contribution in [2.24, 2.45) is 0 Å². The Bertz CT molecular complexity index is 1920. The lowest BCUT2D eigenvalue weighted by Gasteiger charge is -2.21. The van der Waals surface area contributed by atoms with Gasteiger partial charge >= 0.3 is 5.97 Å². The lowest BCUT2D eigenvalue weighted by molar-refractivity contribution is -0.121. The van der Waals surface area contributed by atoms with E-state index in [9.17, 15) is 19.5 Å². The average Bonchev–Trinajstić information content (AvgIpc) is 3.06. The van der Waals surface area contributed by atoms with Crippen LogP contribution < -0.4 is 10.6 Å². The van der Waals surface area contributed by atoms with E-state index >= 15 is 0 Å². The van der Waals surface area contributed by atoms with Gasteiger partial charge in [-0.15, -0.1) is 0 Å². The Morgan fingerprint density at radius 2 is 1.59 bits per heavy atom. The van der Waals surface area contributed by atoms with E-state index in [0.29, 0.717) is 35.5 Å². The Morgan fingerprint density at radius 3 is 2.37 bits per heavy atom. The summed E-state index contributed by atoms with van der Waals surface area (Å²) < 4.78 is 0. The standard InChI is InChI=1S/C38H34ClN3O4/c1-2-40-37(44)32-12-5-3-9-26(32)17-21-34(42-36(43)23-28-10-4-6-13-33(28)38(45)46)29-11-7-8-25(22-29)14-19-31-20-16-27-15-18-30(39)24-35(27)41-31/h3-16,18-20,22,24,34H,2,17,21,23H2,1H3,(H,40,44)(H,42,43)(H,45,46)/b19-14+. The zero-order valence-corrected chi connectivity index (χ0v) is 26.1. The molecule has 46 heavy (non-hydrogen) atoms. The molecule has 0 spiro atoms. The number of hydrogen-bond acceptors (Lipinski definition) is 4. The fraction of sp³-hybridized carbons (Fsp3) is 0.158. The minimum absolute atomic E-state index is 0.0777. The normalized spacial score (nSPS) is 11.8. The molecule has 1 aromatic heterocycles. The maximum atomic E-state index is 13.4. The molecule has 0 fully saturated rings. The highest BCUT2D eigenvalue weighted by molar-refractivity contribution is 6.31. The maximum Gasteiger partial charge on any atom is 0.335 e. The van der Waals surface area contributed by atoms with Crippen LogP contribution in [-0.4, -0.2) is 34.4 Å². The summed E-state index contributed by atoms with van der Waals surface area (Å²) >= 11 is 6.16. The van der Waals surface area contributed by atoms with Crippen molar-refractivity contribution in [2.45, 2.75) is 32.2 Å². The Morgan fingerprint density at radius 1 is 0.848 bits per heavy atom. The highest BCUT2D eigenvalue weighted by Crippen LogP contribution is 2.24. The summed E-state index contributed by atoms with van der Waals surface area (Å²) in [4.78, 5) is 42.5. The number of carbonyl (C=O) groups is 3. The van der Waals surface area contributed by atoms with Crippen molar-refractivity contribution in [1.82, 2.24) is 15.6 Å². The van der Waals surface area contributed by atoms with Gasteiger partial charge in [0.15, 0.2) is 0 Å². The number of benzene rings is 4. The molecule has 0 saturated heterocycles. The zero-order valence-electron chi connectivity index (χ0n) is 25.4. The second kappa shape index (κ2) is 15.1. The zero-order chi connectivity index (χ0) is 32.5. The highest BCUT2D eigenvalue weighted by atomic mass is 35.5. The molecule has 0 aliphatic heterocycles. The van der Waals surface area contributed by atoms with Gasteiger partial charge in [-0.3, -0.25) is 9.59 Å². The molecule has 0 saturated carbocycles. The molecular weight excluding hydrogens is 598 g/mol. The minimum Gasteiger partial charge on any atom is -0.478 e. The number of carbonyl (C=O) groups excluding carboxylic acids is 2. The van der Waals surface area contributed by atoms with Crippen LogP contribution in [0.2, 0.25) is 5.02 Å². The van der Waals surface area contributed by atoms with E-state index in [1.54, 1.807) is 24.3 Å². The van der Waals surface area contributed by atoms with Crippen LogP contribution in [0.5, 0.6) is 0 Å². The molecule has 0 aliphatic carbocycles. The van der Waals surface area contributed by atoms with Crippen LogP contribution >= 0.6 is 11.6 Å². The summed E-state index contributed by atoms with van der Waals surface area (Å²) in [5.74, 6) is -1.51. The van der Waals surface area contributed by atoms with Gasteiger partial charge in [0.1, 0.15) is 0 Å². The Labute approximate surface area is 273 Å². The van der Waals surface area contributed by atoms with Crippen molar-refractivity contribution in [3.05, 3.63) is 147 Å². The summed E-state index contributed by atoms with van der Waals surface area (Å²) in [7, 11) is 0. The molecule has 3 N–H and O–H groups in total. The van der Waals surface area contributed by atoms with Gasteiger partial charge in [0.05, 0.1) is 29.2 Å². The molecule has 232 valence electrons. The SMILES string of the molecule is CCNC(=O)c1ccccc1CCC(NC(=O)Cc1ccccc1C(=O)O)c1cccc(/C=C/c2ccc3ccc(Cl)cc3n2)c1. The third-order valence-electron chi connectivity index (χ3n) is 7.67. The molecule has 1 atom stereocenters. The quantitative estimate of drug-likeness (QED) is 0.132. The van der Waals surface area contributed by atoms with Crippen LogP contribution in [0.25, 0.3) is 23.1 Å². The number of carboxylic acids is 1. The molecule has 5 aromatic rings. The number of aromatic nitrogens is 1. The number of hydrogen-bond donors (Lipinski definition) is 3. The first-order chi connectivity index (χ1) is 22.3. The summed E-state index contributed by atoms with van der Waals surface area (Å²) in [5.41, 5.74) is 5.41. The first kappa shape index (κ1) is 32.1. The Balaban J connectivity index is 1.40. The number of rotatable bonds is 12. The smallest absolute Gasteiger partial charge is 0.335 e. The molecular formula is C38H34ClN3O4. The topological polar surface area (TPSA) is 108 Å². The Kier molecular flexibility index (Phi) is 10.6. The number of nitrogens with zero attached hydrogens (tertiary/aromatic N) is 1. The third-order valence-corrected chi connectivity index (χ3v) is 7.91. The van der Waals surface area contributed by atoms with Crippen molar-refractivity contribution >= 4 is 52.4 Å². The molecule has 7 nitrogen and oxygen atoms in total.